The largest absolute Gasteiger partial charge is 0.378 e. The number of anilines is 3. The maximum atomic E-state index is 11.5. The van der Waals surface area contributed by atoms with Gasteiger partial charge in [0, 0.05) is 24.4 Å². The maximum Gasteiger partial charge on any atom is 0.346 e. The first-order valence-corrected chi connectivity index (χ1v) is 7.91. The predicted octanol–water partition coefficient (Wildman–Crippen LogP) is 3.93. The normalized spacial score (nSPS) is 19.1. The van der Waals surface area contributed by atoms with Gasteiger partial charge in [-0.25, -0.2) is 4.79 Å². The molecule has 0 saturated carbocycles. The number of nitrogens with zero attached hydrogens (tertiary/aromatic N) is 1. The van der Waals surface area contributed by atoms with E-state index in [2.05, 4.69) is 16.0 Å². The first-order chi connectivity index (χ1) is 11.3. The number of urea groups is 1. The number of para-hydroxylation sites is 1. The predicted molar refractivity (Wildman–Crippen MR) is 89.7 cm³/mol. The van der Waals surface area contributed by atoms with Gasteiger partial charge in [-0.3, -0.25) is 0 Å². The number of hydrogen-bond donors (Lipinski definition) is 2. The molecule has 4 rings (SSSR count). The number of ether oxygens (including phenoxy) is 1. The molecule has 0 aliphatic carbocycles. The molecule has 1 atom stereocenters. The van der Waals surface area contributed by atoms with E-state index in [1.54, 1.807) is 0 Å². The second-order valence-electron chi connectivity index (χ2n) is 5.90. The van der Waals surface area contributed by atoms with Crippen LogP contribution < -0.4 is 16.0 Å². The summed E-state index contributed by atoms with van der Waals surface area (Å²) in [5.41, 5.74) is 4.59. The third-order valence-electron chi connectivity index (χ3n) is 4.21. The molecular formula is C18H18N3O2. The highest BCUT2D eigenvalue weighted by Crippen LogP contribution is 2.36. The SMILES string of the molecule is O=C1[N]c2cc(Nc3ccccc3)c(CC3CCCO3)cc2N1. The molecule has 2 aliphatic rings. The van der Waals surface area contributed by atoms with Crippen LogP contribution in [0.4, 0.5) is 27.5 Å². The zero-order chi connectivity index (χ0) is 15.6. The van der Waals surface area contributed by atoms with Gasteiger partial charge in [-0.2, -0.15) is 5.32 Å². The summed E-state index contributed by atoms with van der Waals surface area (Å²) >= 11 is 0. The molecule has 0 spiro atoms. The molecule has 117 valence electrons. The first kappa shape index (κ1) is 14.1. The molecule has 2 aromatic carbocycles. The summed E-state index contributed by atoms with van der Waals surface area (Å²) in [6.45, 7) is 0.836. The van der Waals surface area contributed by atoms with Crippen molar-refractivity contribution in [3.63, 3.8) is 0 Å². The van der Waals surface area contributed by atoms with E-state index < -0.39 is 0 Å². The zero-order valence-corrected chi connectivity index (χ0v) is 12.7. The highest BCUT2D eigenvalue weighted by Gasteiger charge is 2.24. The van der Waals surface area contributed by atoms with Crippen LogP contribution in [0.5, 0.6) is 0 Å². The van der Waals surface area contributed by atoms with Gasteiger partial charge in [0.2, 0.25) is 0 Å². The summed E-state index contributed by atoms with van der Waals surface area (Å²) in [6, 6.07) is 13.6. The topological polar surface area (TPSA) is 64.5 Å². The lowest BCUT2D eigenvalue weighted by Gasteiger charge is -2.16. The Bertz CT molecular complexity index is 725. The molecule has 0 aromatic heterocycles. The highest BCUT2D eigenvalue weighted by atomic mass is 16.5. The Morgan fingerprint density at radius 3 is 2.91 bits per heavy atom. The molecule has 2 amide bonds. The van der Waals surface area contributed by atoms with Crippen molar-refractivity contribution in [1.82, 2.24) is 5.32 Å². The van der Waals surface area contributed by atoms with Gasteiger partial charge in [0.25, 0.3) is 0 Å². The fraction of sp³-hybridized carbons (Fsp3) is 0.278. The van der Waals surface area contributed by atoms with E-state index in [4.69, 9.17) is 4.74 Å². The molecule has 1 saturated heterocycles. The van der Waals surface area contributed by atoms with Crippen molar-refractivity contribution >= 4 is 28.8 Å². The molecule has 2 aliphatic heterocycles. The van der Waals surface area contributed by atoms with E-state index >= 15 is 0 Å². The lowest BCUT2D eigenvalue weighted by atomic mass is 10.0. The number of nitrogens with one attached hydrogen (secondary N) is 2. The average molecular weight is 308 g/mol. The van der Waals surface area contributed by atoms with Gasteiger partial charge in [0.05, 0.1) is 17.5 Å². The van der Waals surface area contributed by atoms with Crippen molar-refractivity contribution < 1.29 is 9.53 Å². The fourth-order valence-electron chi connectivity index (χ4n) is 3.09. The minimum atomic E-state index is -0.306. The summed E-state index contributed by atoms with van der Waals surface area (Å²) < 4.78 is 5.76. The number of carbonyl (C=O) groups is 1. The van der Waals surface area contributed by atoms with Crippen LogP contribution in [-0.2, 0) is 11.2 Å². The van der Waals surface area contributed by atoms with E-state index in [1.807, 2.05) is 42.5 Å². The Morgan fingerprint density at radius 2 is 2.13 bits per heavy atom. The van der Waals surface area contributed by atoms with Crippen molar-refractivity contribution in [2.75, 3.05) is 17.2 Å². The van der Waals surface area contributed by atoms with Crippen LogP contribution in [0.1, 0.15) is 18.4 Å². The van der Waals surface area contributed by atoms with Crippen molar-refractivity contribution in [2.24, 2.45) is 0 Å². The molecule has 1 fully saturated rings. The maximum absolute atomic E-state index is 11.5. The second-order valence-corrected chi connectivity index (χ2v) is 5.90. The molecular weight excluding hydrogens is 290 g/mol. The Labute approximate surface area is 135 Å². The van der Waals surface area contributed by atoms with Crippen molar-refractivity contribution in [3.05, 3.63) is 48.0 Å². The summed E-state index contributed by atoms with van der Waals surface area (Å²) in [7, 11) is 0. The number of hydrogen-bond acceptors (Lipinski definition) is 3. The smallest absolute Gasteiger partial charge is 0.346 e. The highest BCUT2D eigenvalue weighted by molar-refractivity contribution is 6.03. The first-order valence-electron chi connectivity index (χ1n) is 7.91. The summed E-state index contributed by atoms with van der Waals surface area (Å²) in [6.07, 6.45) is 3.28. The zero-order valence-electron chi connectivity index (χ0n) is 12.7. The third kappa shape index (κ3) is 3.00. The minimum absolute atomic E-state index is 0.249. The number of fused-ring (bicyclic) bond motifs is 1. The average Bonchev–Trinajstić information content (AvgIpc) is 3.17. The summed E-state index contributed by atoms with van der Waals surface area (Å²) in [5, 5.41) is 10.2. The quantitative estimate of drug-likeness (QED) is 0.899. The molecule has 2 aromatic rings. The van der Waals surface area contributed by atoms with Gasteiger partial charge in [-0.15, -0.1) is 0 Å². The molecule has 5 nitrogen and oxygen atoms in total. The summed E-state index contributed by atoms with van der Waals surface area (Å²) in [4.78, 5) is 11.5. The number of amides is 2. The van der Waals surface area contributed by atoms with E-state index in [9.17, 15) is 4.79 Å². The molecule has 1 unspecified atom stereocenters. The van der Waals surface area contributed by atoms with E-state index in [0.717, 1.165) is 48.5 Å². The van der Waals surface area contributed by atoms with E-state index in [-0.39, 0.29) is 12.1 Å². The van der Waals surface area contributed by atoms with Crippen LogP contribution in [-0.4, -0.2) is 18.7 Å². The van der Waals surface area contributed by atoms with Crippen LogP contribution in [0.2, 0.25) is 0 Å². The molecule has 23 heavy (non-hydrogen) atoms. The second kappa shape index (κ2) is 5.93. The van der Waals surface area contributed by atoms with Crippen LogP contribution >= 0.6 is 0 Å². The Morgan fingerprint density at radius 1 is 1.26 bits per heavy atom. The van der Waals surface area contributed by atoms with Crippen LogP contribution in [0, 0.1) is 0 Å². The Kier molecular flexibility index (Phi) is 3.63. The van der Waals surface area contributed by atoms with Gasteiger partial charge in [0.1, 0.15) is 0 Å². The van der Waals surface area contributed by atoms with Crippen molar-refractivity contribution in [3.8, 4) is 0 Å². The van der Waals surface area contributed by atoms with Gasteiger partial charge in [0.15, 0.2) is 0 Å². The third-order valence-corrected chi connectivity index (χ3v) is 4.21. The number of benzene rings is 2. The van der Waals surface area contributed by atoms with Crippen LogP contribution in [0.3, 0.4) is 0 Å². The number of carbonyl (C=O) groups excluding carboxylic acids is 1. The van der Waals surface area contributed by atoms with Gasteiger partial charge in [-0.1, -0.05) is 18.2 Å². The molecule has 0 bridgehead atoms. The van der Waals surface area contributed by atoms with E-state index in [1.165, 1.54) is 0 Å². The Hall–Kier alpha value is -2.53. The van der Waals surface area contributed by atoms with E-state index in [0.29, 0.717) is 5.69 Å². The standard InChI is InChI=1S/C18H18N3O2/c22-18-20-16-10-12(9-14-7-4-8-23-14)15(11-17(16)21-18)19-13-5-2-1-3-6-13/h1-3,5-6,10-11,14,19H,4,7-9H2,(H,20,22). The minimum Gasteiger partial charge on any atom is -0.378 e. The summed E-state index contributed by atoms with van der Waals surface area (Å²) in [5.74, 6) is 0. The van der Waals surface area contributed by atoms with Crippen molar-refractivity contribution in [1.29, 1.82) is 0 Å². The van der Waals surface area contributed by atoms with Crippen molar-refractivity contribution in [2.45, 2.75) is 25.4 Å². The molecule has 2 N–H and O–H groups in total. The molecule has 5 heteroatoms. The Balaban J connectivity index is 1.66. The van der Waals surface area contributed by atoms with Gasteiger partial charge < -0.3 is 15.4 Å². The monoisotopic (exact) mass is 308 g/mol. The fourth-order valence-corrected chi connectivity index (χ4v) is 3.09. The molecule has 1 radical (unpaired) electrons. The van der Waals surface area contributed by atoms with Crippen LogP contribution in [0.15, 0.2) is 42.5 Å². The lowest BCUT2D eigenvalue weighted by Crippen LogP contribution is -2.10. The number of rotatable bonds is 4. The lowest BCUT2D eigenvalue weighted by molar-refractivity contribution is 0.111. The molecule has 2 heterocycles. The van der Waals surface area contributed by atoms with Gasteiger partial charge >= 0.3 is 6.03 Å². The van der Waals surface area contributed by atoms with Crippen LogP contribution in [0.25, 0.3) is 0 Å². The van der Waals surface area contributed by atoms with Gasteiger partial charge in [-0.05, 0) is 42.7 Å².